The zero-order valence-corrected chi connectivity index (χ0v) is 58.7. The van der Waals surface area contributed by atoms with Crippen molar-refractivity contribution in [2.24, 2.45) is 84.0 Å². The van der Waals surface area contributed by atoms with Crippen molar-refractivity contribution in [2.45, 2.75) is 229 Å². The minimum absolute atomic E-state index is 0.0147. The molecule has 1 heterocycles. The van der Waals surface area contributed by atoms with Crippen LogP contribution in [-0.4, -0.2) is 234 Å². The van der Waals surface area contributed by atoms with Crippen molar-refractivity contribution in [3.05, 3.63) is 35.9 Å². The van der Waals surface area contributed by atoms with Crippen molar-refractivity contribution < 1.29 is 67.7 Å². The largest absolute Gasteiger partial charge is 0.391 e. The molecule has 40 nitrogen and oxygen atoms in total. The predicted octanol–water partition coefficient (Wildman–Crippen LogP) is -11.2. The van der Waals surface area contributed by atoms with Gasteiger partial charge in [0, 0.05) is 50.2 Å². The molecular weight excluding hydrogens is 1320 g/mol. The Balaban J connectivity index is 2.81. The first kappa shape index (κ1) is 87.5. The van der Waals surface area contributed by atoms with E-state index in [-0.39, 0.29) is 94.8 Å². The molecule has 19 atom stereocenters. The Morgan fingerprint density at radius 1 is 0.465 bits per heavy atom. The quantitative estimate of drug-likeness (QED) is 0.0181. The van der Waals surface area contributed by atoms with E-state index in [4.69, 9.17) is 63.1 Å². The van der Waals surface area contributed by atoms with Crippen LogP contribution >= 0.6 is 0 Å². The van der Waals surface area contributed by atoms with Crippen LogP contribution in [0.5, 0.6) is 0 Å². The number of benzene rings is 1. The van der Waals surface area contributed by atoms with Gasteiger partial charge in [0.1, 0.15) is 66.5 Å². The molecule has 568 valence electrons. The third kappa shape index (κ3) is 30.8. The van der Waals surface area contributed by atoms with Gasteiger partial charge in [-0.25, -0.2) is 0 Å². The molecule has 5 unspecified atom stereocenters. The normalized spacial score (nSPS) is 23.1. The molecular formula is C61H110N26O14. The molecule has 1 saturated heterocycles. The van der Waals surface area contributed by atoms with E-state index >= 15 is 0 Å². The van der Waals surface area contributed by atoms with E-state index in [2.05, 4.69) is 78.8 Å². The number of aliphatic imine (C=N–C) groups is 3. The second-order valence-electron chi connectivity index (χ2n) is 25.6. The summed E-state index contributed by atoms with van der Waals surface area (Å²) in [5.74, 6) is -13.8. The molecule has 1 aliphatic heterocycles. The van der Waals surface area contributed by atoms with Crippen molar-refractivity contribution in [2.75, 3.05) is 19.6 Å². The number of amides is 12. The molecule has 1 aliphatic rings. The van der Waals surface area contributed by atoms with Gasteiger partial charge in [0.25, 0.3) is 0 Å². The third-order valence-corrected chi connectivity index (χ3v) is 15.7. The van der Waals surface area contributed by atoms with E-state index in [9.17, 15) is 67.7 Å². The Morgan fingerprint density at radius 3 is 1.31 bits per heavy atom. The molecule has 1 fully saturated rings. The van der Waals surface area contributed by atoms with Crippen LogP contribution in [-0.2, 0) is 64.0 Å². The van der Waals surface area contributed by atoms with E-state index in [1.165, 1.54) is 34.6 Å². The van der Waals surface area contributed by atoms with Crippen LogP contribution in [0.25, 0.3) is 0 Å². The average molecular weight is 1430 g/mol. The first-order valence-corrected chi connectivity index (χ1v) is 33.2. The van der Waals surface area contributed by atoms with Crippen LogP contribution in [0.3, 0.4) is 0 Å². The van der Waals surface area contributed by atoms with Gasteiger partial charge in [-0.3, -0.25) is 72.5 Å². The summed E-state index contributed by atoms with van der Waals surface area (Å²) in [6.07, 6.45) is -3.59. The van der Waals surface area contributed by atoms with Crippen molar-refractivity contribution in [1.29, 1.82) is 0 Å². The molecule has 12 amide bonds. The minimum atomic E-state index is -2.05. The van der Waals surface area contributed by atoms with E-state index < -0.39 is 186 Å². The lowest BCUT2D eigenvalue weighted by molar-refractivity contribution is -0.138. The molecule has 36 N–H and O–H groups in total. The number of carbonyl (C=O) groups is 12. The maximum Gasteiger partial charge on any atom is 0.245 e. The molecule has 0 bridgehead atoms. The first-order chi connectivity index (χ1) is 47.2. The summed E-state index contributed by atoms with van der Waals surface area (Å²) < 4.78 is 0. The number of nitrogens with two attached hydrogens (primary N) is 11. The number of rotatable bonds is 32. The fourth-order valence-electron chi connectivity index (χ4n) is 10.1. The summed E-state index contributed by atoms with van der Waals surface area (Å²) in [4.78, 5) is 184. The number of nitrogens with zero attached hydrogens (tertiary/aromatic N) is 3. The lowest BCUT2D eigenvalue weighted by atomic mass is 9.99. The average Bonchev–Trinajstić information content (AvgIpc) is 0.837. The number of aliphatic hydroxyl groups excluding tert-OH is 2. The summed E-state index contributed by atoms with van der Waals surface area (Å²) in [5.41, 5.74) is 64.7. The van der Waals surface area contributed by atoms with Gasteiger partial charge in [-0.2, -0.15) is 0 Å². The van der Waals surface area contributed by atoms with Crippen LogP contribution in [0.1, 0.15) is 113 Å². The summed E-state index contributed by atoms with van der Waals surface area (Å²) in [6, 6.07) is -18.3. The lowest BCUT2D eigenvalue weighted by Crippen LogP contribution is -2.68. The lowest BCUT2D eigenvalue weighted by Gasteiger charge is -2.33. The van der Waals surface area contributed by atoms with Crippen LogP contribution in [0, 0.1) is 5.92 Å². The molecule has 0 saturated carbocycles. The number of hydrogen-bond donors (Lipinski definition) is 25. The van der Waals surface area contributed by atoms with Gasteiger partial charge in [0.05, 0.1) is 24.3 Å². The topological polar surface area (TPSA) is 713 Å². The maximum atomic E-state index is 14.9. The molecule has 0 radical (unpaired) electrons. The zero-order chi connectivity index (χ0) is 76.7. The highest BCUT2D eigenvalue weighted by Crippen LogP contribution is 2.13. The Bertz CT molecular complexity index is 3030. The van der Waals surface area contributed by atoms with Gasteiger partial charge in [-0.05, 0) is 105 Å². The third-order valence-electron chi connectivity index (χ3n) is 15.7. The van der Waals surface area contributed by atoms with Crippen LogP contribution in [0.4, 0.5) is 0 Å². The Kier molecular flexibility index (Phi) is 37.4. The fraction of sp³-hybridized carbons (Fsp3) is 0.656. The van der Waals surface area contributed by atoms with Crippen molar-refractivity contribution in [3.63, 3.8) is 0 Å². The molecule has 1 aromatic carbocycles. The maximum absolute atomic E-state index is 14.9. The monoisotopic (exact) mass is 1430 g/mol. The highest BCUT2D eigenvalue weighted by molar-refractivity contribution is 6.01. The number of nitrogens with one attached hydrogen (secondary N) is 12. The molecule has 101 heavy (non-hydrogen) atoms. The summed E-state index contributed by atoms with van der Waals surface area (Å²) >= 11 is 0. The van der Waals surface area contributed by atoms with Crippen LogP contribution < -0.4 is 127 Å². The van der Waals surface area contributed by atoms with Gasteiger partial charge in [-0.1, -0.05) is 44.2 Å². The van der Waals surface area contributed by atoms with Crippen molar-refractivity contribution >= 4 is 88.8 Å². The Morgan fingerprint density at radius 2 is 0.861 bits per heavy atom. The van der Waals surface area contributed by atoms with Gasteiger partial charge in [-0.15, -0.1) is 0 Å². The Hall–Kier alpha value is -9.61. The number of hydrogen-bond acceptors (Lipinski definition) is 22. The molecule has 1 aromatic rings. The van der Waals surface area contributed by atoms with Crippen LogP contribution in [0.2, 0.25) is 0 Å². The fourth-order valence-corrected chi connectivity index (χ4v) is 10.1. The summed E-state index contributed by atoms with van der Waals surface area (Å²) in [7, 11) is 0. The van der Waals surface area contributed by atoms with Crippen molar-refractivity contribution in [3.8, 4) is 0 Å². The smallest absolute Gasteiger partial charge is 0.245 e. The molecule has 0 aliphatic carbocycles. The SMILES string of the molecule is CC(C)C[C@@H]1NC(=O)[C@@H](Cc2ccccc2)NC(=O)[C@H](C(C)N)NC(=O)[C@@H](NC(=O)[C@@H](NC(=O)[C@@H](NC(=O)[C@H](CCCN=C(N)N)NC(=O)[C@H](CCCN=C(N)N)NC(=O)[C@@H](N)CCCN=C(N)N)[C@@H](C)O)C(C)N)C(C)NC(=O)[C@H]([C@@H](C)O)NC(=O)[C@H](C(C)N)NC(=O)[C@H](C(C)N)NC1=O. The van der Waals surface area contributed by atoms with Gasteiger partial charge in [0.15, 0.2) is 17.9 Å². The second kappa shape index (κ2) is 43.1. The number of carbonyl (C=O) groups excluding carboxylic acids is 12. The highest BCUT2D eigenvalue weighted by Gasteiger charge is 2.42. The summed E-state index contributed by atoms with van der Waals surface area (Å²) in [5, 5.41) is 51.9. The van der Waals surface area contributed by atoms with E-state index in [0.29, 0.717) is 5.56 Å². The molecule has 0 spiro atoms. The highest BCUT2D eigenvalue weighted by atomic mass is 16.3. The van der Waals surface area contributed by atoms with E-state index in [1.54, 1.807) is 44.2 Å². The van der Waals surface area contributed by atoms with Gasteiger partial charge in [0.2, 0.25) is 70.9 Å². The molecule has 0 aromatic heterocycles. The number of aliphatic hydroxyl groups is 2. The van der Waals surface area contributed by atoms with E-state index in [0.717, 1.165) is 13.8 Å². The minimum Gasteiger partial charge on any atom is -0.391 e. The van der Waals surface area contributed by atoms with Gasteiger partial charge < -0.3 is 137 Å². The summed E-state index contributed by atoms with van der Waals surface area (Å²) in [6.45, 7) is 12.3. The van der Waals surface area contributed by atoms with Crippen molar-refractivity contribution in [1.82, 2.24) is 63.8 Å². The van der Waals surface area contributed by atoms with E-state index in [1.807, 2.05) is 0 Å². The molecule has 2 rings (SSSR count). The first-order valence-electron chi connectivity index (χ1n) is 33.2. The number of guanidine groups is 3. The van der Waals surface area contributed by atoms with Gasteiger partial charge >= 0.3 is 0 Å². The molecule has 40 heteroatoms. The zero-order valence-electron chi connectivity index (χ0n) is 58.7. The standard InChI is InChI=1S/C61H110N26O14/c1-26(2)24-38-51(94)81-41(28(4)63)53(96)82-43(30(6)65)55(98)87-45(32(8)88)57(100)76-31(7)44(56(99)83-40(27(3)62)52(95)80-39(50(93)79-38)25-34-16-11-10-12-17-34)85-54(97)42(29(5)64)84-58(101)46(33(9)89)86-49(92)37(20-15-23-75-61(71)72)78-48(91)36(19-14-22-74-60(69)70)77-47(90)35(66)18-13-21-73-59(67)68/h10-12,16-17,26-33,35-46,88-89H,13-15,18-25,62-66H2,1-9H3,(H,76,100)(H,77,90)(H,78,91)(H,79,93)(H,80,95)(H,81,94)(H,82,96)(H,83,99)(H,84,101)(H,85,97)(H,86,92)(H,87,98)(H4,67,68,73)(H4,69,70,74)(H4,71,72,75)/t27?,28?,29?,30?,31?,32-,33-,35+,36+,37+,38+,39-,40+,41+,42+,43+,44+,45+,46+/m1/s1. The Labute approximate surface area is 586 Å². The van der Waals surface area contributed by atoms with Crippen LogP contribution in [0.15, 0.2) is 45.3 Å². The second-order valence-corrected chi connectivity index (χ2v) is 25.6. The predicted molar refractivity (Wildman–Crippen MR) is 374 cm³/mol.